The van der Waals surface area contributed by atoms with Crippen molar-refractivity contribution < 1.29 is 5.11 Å². The summed E-state index contributed by atoms with van der Waals surface area (Å²) in [5.41, 5.74) is 6.22. The summed E-state index contributed by atoms with van der Waals surface area (Å²) in [5, 5.41) is 10.0. The second-order valence-electron chi connectivity index (χ2n) is 6.05. The zero-order chi connectivity index (χ0) is 14.4. The van der Waals surface area contributed by atoms with E-state index in [4.69, 9.17) is 5.73 Å². The average molecular weight is 277 g/mol. The molecule has 1 aliphatic rings. The molecule has 4 heteroatoms. The van der Waals surface area contributed by atoms with Gasteiger partial charge in [0.05, 0.1) is 5.60 Å². The molecule has 0 saturated carbocycles. The lowest BCUT2D eigenvalue weighted by Crippen LogP contribution is -2.53. The van der Waals surface area contributed by atoms with Crippen molar-refractivity contribution in [3.05, 3.63) is 35.9 Å². The molecule has 0 bridgehead atoms. The Balaban J connectivity index is 1.69. The van der Waals surface area contributed by atoms with Crippen molar-refractivity contribution in [1.82, 2.24) is 9.80 Å². The normalized spacial score (nSPS) is 20.8. The smallest absolute Gasteiger partial charge is 0.0867 e. The SMILES string of the molecule is CC(O)(CN)CN1CCN(CCc2ccccc2)CC1. The summed E-state index contributed by atoms with van der Waals surface area (Å²) >= 11 is 0. The van der Waals surface area contributed by atoms with Crippen molar-refractivity contribution in [2.45, 2.75) is 18.9 Å². The number of hydrogen-bond donors (Lipinski definition) is 2. The first-order valence-corrected chi connectivity index (χ1v) is 7.50. The summed E-state index contributed by atoms with van der Waals surface area (Å²) in [5.74, 6) is 0. The van der Waals surface area contributed by atoms with E-state index in [0.717, 1.165) is 39.1 Å². The van der Waals surface area contributed by atoms with Crippen molar-refractivity contribution in [1.29, 1.82) is 0 Å². The summed E-state index contributed by atoms with van der Waals surface area (Å²) < 4.78 is 0. The molecule has 1 unspecified atom stereocenters. The van der Waals surface area contributed by atoms with Crippen molar-refractivity contribution >= 4 is 0 Å². The number of piperazine rings is 1. The zero-order valence-electron chi connectivity index (χ0n) is 12.5. The Morgan fingerprint density at radius 2 is 1.70 bits per heavy atom. The number of nitrogens with zero attached hydrogens (tertiary/aromatic N) is 2. The van der Waals surface area contributed by atoms with Crippen LogP contribution in [0.25, 0.3) is 0 Å². The van der Waals surface area contributed by atoms with Crippen LogP contribution >= 0.6 is 0 Å². The quantitative estimate of drug-likeness (QED) is 0.798. The van der Waals surface area contributed by atoms with Gasteiger partial charge in [-0.3, -0.25) is 4.90 Å². The highest BCUT2D eigenvalue weighted by atomic mass is 16.3. The Morgan fingerprint density at radius 1 is 1.10 bits per heavy atom. The number of aliphatic hydroxyl groups is 1. The summed E-state index contributed by atoms with van der Waals surface area (Å²) in [6.45, 7) is 8.12. The number of rotatable bonds is 6. The fraction of sp³-hybridized carbons (Fsp3) is 0.625. The molecule has 1 saturated heterocycles. The van der Waals surface area contributed by atoms with Crippen LogP contribution in [0.1, 0.15) is 12.5 Å². The Labute approximate surface area is 122 Å². The molecule has 1 aliphatic heterocycles. The van der Waals surface area contributed by atoms with Gasteiger partial charge in [-0.05, 0) is 18.9 Å². The number of β-amino-alcohol motifs (C(OH)–C–C–N with tert-alkyl or cyclic N) is 1. The van der Waals surface area contributed by atoms with Gasteiger partial charge in [0.2, 0.25) is 0 Å². The van der Waals surface area contributed by atoms with E-state index in [-0.39, 0.29) is 0 Å². The van der Waals surface area contributed by atoms with E-state index >= 15 is 0 Å². The minimum Gasteiger partial charge on any atom is -0.388 e. The van der Waals surface area contributed by atoms with Gasteiger partial charge in [-0.1, -0.05) is 30.3 Å². The van der Waals surface area contributed by atoms with E-state index < -0.39 is 5.60 Å². The van der Waals surface area contributed by atoms with E-state index in [9.17, 15) is 5.11 Å². The fourth-order valence-electron chi connectivity index (χ4n) is 2.65. The van der Waals surface area contributed by atoms with Crippen molar-refractivity contribution in [3.8, 4) is 0 Å². The lowest BCUT2D eigenvalue weighted by Gasteiger charge is -2.38. The summed E-state index contributed by atoms with van der Waals surface area (Å²) in [6, 6.07) is 10.6. The third-order valence-corrected chi connectivity index (χ3v) is 4.03. The Bertz CT molecular complexity index is 386. The highest BCUT2D eigenvalue weighted by molar-refractivity contribution is 5.14. The monoisotopic (exact) mass is 277 g/mol. The predicted octanol–water partition coefficient (Wildman–Crippen LogP) is 0.556. The molecule has 1 heterocycles. The number of nitrogens with two attached hydrogens (primary N) is 1. The molecule has 3 N–H and O–H groups in total. The minimum absolute atomic E-state index is 0.321. The summed E-state index contributed by atoms with van der Waals surface area (Å²) in [6.07, 6.45) is 1.11. The molecule has 1 aromatic rings. The largest absolute Gasteiger partial charge is 0.388 e. The summed E-state index contributed by atoms with van der Waals surface area (Å²) in [4.78, 5) is 4.81. The maximum absolute atomic E-state index is 10.0. The molecule has 112 valence electrons. The van der Waals surface area contributed by atoms with Crippen LogP contribution in [0.5, 0.6) is 0 Å². The van der Waals surface area contributed by atoms with Crippen molar-refractivity contribution in [2.24, 2.45) is 5.73 Å². The average Bonchev–Trinajstić information content (AvgIpc) is 2.47. The van der Waals surface area contributed by atoms with Gasteiger partial charge in [-0.15, -0.1) is 0 Å². The molecule has 1 fully saturated rings. The van der Waals surface area contributed by atoms with Crippen molar-refractivity contribution in [2.75, 3.05) is 45.8 Å². The van der Waals surface area contributed by atoms with E-state index in [0.29, 0.717) is 13.1 Å². The van der Waals surface area contributed by atoms with Crippen LogP contribution in [0.2, 0.25) is 0 Å². The van der Waals surface area contributed by atoms with Gasteiger partial charge < -0.3 is 15.7 Å². The second-order valence-corrected chi connectivity index (χ2v) is 6.05. The lowest BCUT2D eigenvalue weighted by molar-refractivity contribution is 0.0108. The molecule has 20 heavy (non-hydrogen) atoms. The molecule has 2 rings (SSSR count). The van der Waals surface area contributed by atoms with E-state index in [2.05, 4.69) is 40.1 Å². The molecular formula is C16H27N3O. The van der Waals surface area contributed by atoms with Crippen LogP contribution < -0.4 is 5.73 Å². The van der Waals surface area contributed by atoms with Crippen LogP contribution in [0.3, 0.4) is 0 Å². The predicted molar refractivity (Wildman–Crippen MR) is 82.7 cm³/mol. The minimum atomic E-state index is -0.758. The first kappa shape index (κ1) is 15.4. The highest BCUT2D eigenvalue weighted by Gasteiger charge is 2.25. The highest BCUT2D eigenvalue weighted by Crippen LogP contribution is 2.09. The van der Waals surface area contributed by atoms with E-state index in [1.165, 1.54) is 5.56 Å². The molecule has 0 aliphatic carbocycles. The van der Waals surface area contributed by atoms with Gasteiger partial charge in [0.15, 0.2) is 0 Å². The maximum atomic E-state index is 10.0. The number of benzene rings is 1. The van der Waals surface area contributed by atoms with Gasteiger partial charge in [-0.25, -0.2) is 0 Å². The molecule has 0 radical (unpaired) electrons. The standard InChI is InChI=1S/C16H27N3O/c1-16(20,13-17)14-19-11-9-18(10-12-19)8-7-15-5-3-2-4-6-15/h2-6,20H,7-14,17H2,1H3. The molecule has 1 aromatic carbocycles. The second kappa shape index (κ2) is 7.18. The van der Waals surface area contributed by atoms with Crippen LogP contribution in [0.15, 0.2) is 30.3 Å². The fourth-order valence-corrected chi connectivity index (χ4v) is 2.65. The molecular weight excluding hydrogens is 250 g/mol. The Kier molecular flexibility index (Phi) is 5.54. The van der Waals surface area contributed by atoms with Crippen LogP contribution in [-0.2, 0) is 6.42 Å². The van der Waals surface area contributed by atoms with Crippen molar-refractivity contribution in [3.63, 3.8) is 0 Å². The molecule has 0 spiro atoms. The van der Waals surface area contributed by atoms with Gasteiger partial charge in [-0.2, -0.15) is 0 Å². The Morgan fingerprint density at radius 3 is 2.30 bits per heavy atom. The maximum Gasteiger partial charge on any atom is 0.0867 e. The van der Waals surface area contributed by atoms with Gasteiger partial charge in [0.25, 0.3) is 0 Å². The van der Waals surface area contributed by atoms with Crippen LogP contribution in [0.4, 0.5) is 0 Å². The summed E-state index contributed by atoms with van der Waals surface area (Å²) in [7, 11) is 0. The first-order chi connectivity index (χ1) is 9.59. The van der Waals surface area contributed by atoms with E-state index in [1.807, 2.05) is 6.92 Å². The number of hydrogen-bond acceptors (Lipinski definition) is 4. The van der Waals surface area contributed by atoms with Gasteiger partial charge >= 0.3 is 0 Å². The van der Waals surface area contributed by atoms with Crippen LogP contribution in [0, 0.1) is 0 Å². The zero-order valence-corrected chi connectivity index (χ0v) is 12.5. The van der Waals surface area contributed by atoms with E-state index in [1.54, 1.807) is 0 Å². The van der Waals surface area contributed by atoms with Crippen LogP contribution in [-0.4, -0.2) is 66.3 Å². The third-order valence-electron chi connectivity index (χ3n) is 4.03. The first-order valence-electron chi connectivity index (χ1n) is 7.50. The van der Waals surface area contributed by atoms with Gasteiger partial charge in [0.1, 0.15) is 0 Å². The lowest BCUT2D eigenvalue weighted by atomic mass is 10.1. The molecule has 0 amide bonds. The third kappa shape index (κ3) is 4.87. The molecule has 0 aromatic heterocycles. The molecule has 1 atom stereocenters. The topological polar surface area (TPSA) is 52.7 Å². The Hall–Kier alpha value is -0.940. The van der Waals surface area contributed by atoms with Gasteiger partial charge in [0, 0.05) is 45.8 Å². The molecule has 4 nitrogen and oxygen atoms in total.